The molecule has 0 aliphatic carbocycles. The summed E-state index contributed by atoms with van der Waals surface area (Å²) in [4.78, 5) is 27.8. The van der Waals surface area contributed by atoms with Crippen LogP contribution in [0.3, 0.4) is 0 Å². The van der Waals surface area contributed by atoms with Gasteiger partial charge in [0.25, 0.3) is 0 Å². The van der Waals surface area contributed by atoms with Crippen molar-refractivity contribution in [2.45, 2.75) is 32.4 Å². The van der Waals surface area contributed by atoms with E-state index in [1.54, 1.807) is 36.1 Å². The largest absolute Gasteiger partial charge is 0.326 e. The van der Waals surface area contributed by atoms with E-state index >= 15 is 0 Å². The number of benzene rings is 2. The first-order valence-corrected chi connectivity index (χ1v) is 11.1. The second-order valence-electron chi connectivity index (χ2n) is 8.28. The molecule has 7 nitrogen and oxygen atoms in total. The molecule has 166 valence electrons. The summed E-state index contributed by atoms with van der Waals surface area (Å²) in [6, 6.07) is 19.0. The first-order valence-electron chi connectivity index (χ1n) is 11.1. The van der Waals surface area contributed by atoms with Crippen molar-refractivity contribution in [1.29, 1.82) is 0 Å². The van der Waals surface area contributed by atoms with Crippen LogP contribution in [0.5, 0.6) is 0 Å². The van der Waals surface area contributed by atoms with Crippen molar-refractivity contribution in [2.24, 2.45) is 5.92 Å². The topological polar surface area (TPSA) is 79.3 Å². The molecule has 1 aliphatic heterocycles. The Bertz CT molecular complexity index is 1040. The maximum absolute atomic E-state index is 12.9. The number of amides is 2. The molecule has 3 aromatic rings. The highest BCUT2D eigenvalue weighted by atomic mass is 16.2. The molecule has 2 aromatic carbocycles. The van der Waals surface area contributed by atoms with Crippen LogP contribution in [0.15, 0.2) is 73.1 Å². The minimum atomic E-state index is -0.430. The fraction of sp³-hybridized carbons (Fsp3) is 0.320. The van der Waals surface area contributed by atoms with E-state index in [-0.39, 0.29) is 17.7 Å². The van der Waals surface area contributed by atoms with E-state index in [0.29, 0.717) is 11.4 Å². The van der Waals surface area contributed by atoms with Crippen LogP contribution in [0, 0.1) is 5.92 Å². The maximum atomic E-state index is 12.9. The highest BCUT2D eigenvalue weighted by Gasteiger charge is 2.26. The van der Waals surface area contributed by atoms with Crippen LogP contribution >= 0.6 is 0 Å². The summed E-state index contributed by atoms with van der Waals surface area (Å²) >= 11 is 0. The molecule has 0 unspecified atom stereocenters. The Labute approximate surface area is 188 Å². The number of hydrogen-bond donors (Lipinski definition) is 2. The number of hydrogen-bond acceptors (Lipinski definition) is 4. The Hall–Kier alpha value is -3.45. The summed E-state index contributed by atoms with van der Waals surface area (Å²) in [7, 11) is 0. The minimum Gasteiger partial charge on any atom is -0.326 e. The van der Waals surface area contributed by atoms with Crippen LogP contribution in [0.4, 0.5) is 11.4 Å². The molecule has 0 bridgehead atoms. The van der Waals surface area contributed by atoms with E-state index in [0.717, 1.165) is 32.5 Å². The van der Waals surface area contributed by atoms with E-state index in [1.165, 1.54) is 5.56 Å². The molecule has 2 atom stereocenters. The summed E-state index contributed by atoms with van der Waals surface area (Å²) in [5.74, 6) is -0.192. The van der Waals surface area contributed by atoms with E-state index in [4.69, 9.17) is 0 Å². The van der Waals surface area contributed by atoms with E-state index in [2.05, 4.69) is 32.8 Å². The number of nitrogens with zero attached hydrogens (tertiary/aromatic N) is 3. The maximum Gasteiger partial charge on any atom is 0.248 e. The van der Waals surface area contributed by atoms with Crippen molar-refractivity contribution >= 4 is 23.2 Å². The van der Waals surface area contributed by atoms with Crippen molar-refractivity contribution in [3.05, 3.63) is 78.6 Å². The van der Waals surface area contributed by atoms with Gasteiger partial charge < -0.3 is 10.6 Å². The Morgan fingerprint density at radius 3 is 2.59 bits per heavy atom. The molecule has 2 heterocycles. The molecule has 1 saturated heterocycles. The van der Waals surface area contributed by atoms with Crippen molar-refractivity contribution < 1.29 is 9.59 Å². The van der Waals surface area contributed by atoms with Gasteiger partial charge in [-0.25, -0.2) is 0 Å². The summed E-state index contributed by atoms with van der Waals surface area (Å²) < 4.78 is 1.60. The van der Waals surface area contributed by atoms with Crippen LogP contribution in [-0.2, 0) is 16.1 Å². The summed E-state index contributed by atoms with van der Waals surface area (Å²) in [5.41, 5.74) is 2.59. The first kappa shape index (κ1) is 21.8. The van der Waals surface area contributed by atoms with Gasteiger partial charge in [0.1, 0.15) is 6.04 Å². The summed E-state index contributed by atoms with van der Waals surface area (Å²) in [6.07, 6.45) is 5.29. The summed E-state index contributed by atoms with van der Waals surface area (Å²) in [5, 5.41) is 10.0. The van der Waals surface area contributed by atoms with E-state index < -0.39 is 6.04 Å². The lowest BCUT2D eigenvalue weighted by Gasteiger charge is -2.32. The summed E-state index contributed by atoms with van der Waals surface area (Å²) in [6.45, 7) is 4.41. The Balaban J connectivity index is 1.33. The molecule has 1 fully saturated rings. The normalized spacial score (nSPS) is 17.5. The van der Waals surface area contributed by atoms with Gasteiger partial charge in [-0.05, 0) is 56.1 Å². The predicted octanol–water partition coefficient (Wildman–Crippen LogP) is 3.93. The molecule has 2 amide bonds. The molecule has 4 rings (SSSR count). The molecule has 1 aliphatic rings. The lowest BCUT2D eigenvalue weighted by atomic mass is 9.96. The third-order valence-electron chi connectivity index (χ3n) is 5.82. The third-order valence-corrected chi connectivity index (χ3v) is 5.82. The molecular weight excluding hydrogens is 402 g/mol. The molecule has 32 heavy (non-hydrogen) atoms. The van der Waals surface area contributed by atoms with E-state index in [9.17, 15) is 9.59 Å². The Kier molecular flexibility index (Phi) is 6.97. The number of nitrogens with one attached hydrogen (secondary N) is 2. The monoisotopic (exact) mass is 431 g/mol. The number of anilines is 2. The lowest BCUT2D eigenvalue weighted by molar-refractivity contribution is -0.121. The fourth-order valence-electron chi connectivity index (χ4n) is 4.05. The van der Waals surface area contributed by atoms with Crippen LogP contribution in [0.25, 0.3) is 0 Å². The molecule has 0 saturated carbocycles. The molecule has 7 heteroatoms. The van der Waals surface area contributed by atoms with Crippen LogP contribution in [0.1, 0.15) is 31.4 Å². The lowest BCUT2D eigenvalue weighted by Crippen LogP contribution is -2.40. The average molecular weight is 432 g/mol. The molecule has 1 aromatic heterocycles. The van der Waals surface area contributed by atoms with Gasteiger partial charge in [0.2, 0.25) is 11.8 Å². The average Bonchev–Trinajstić information content (AvgIpc) is 3.34. The quantitative estimate of drug-likeness (QED) is 0.594. The van der Waals surface area contributed by atoms with Crippen molar-refractivity contribution in [3.63, 3.8) is 0 Å². The number of carbonyl (C=O) groups excluding carboxylic acids is 2. The van der Waals surface area contributed by atoms with Crippen molar-refractivity contribution in [3.8, 4) is 0 Å². The van der Waals surface area contributed by atoms with Crippen LogP contribution in [-0.4, -0.2) is 39.6 Å². The second kappa shape index (κ2) is 10.2. The zero-order chi connectivity index (χ0) is 22.3. The van der Waals surface area contributed by atoms with Gasteiger partial charge in [-0.15, -0.1) is 0 Å². The predicted molar refractivity (Wildman–Crippen MR) is 125 cm³/mol. The molecule has 2 N–H and O–H groups in total. The van der Waals surface area contributed by atoms with Crippen molar-refractivity contribution in [1.82, 2.24) is 14.7 Å². The fourth-order valence-corrected chi connectivity index (χ4v) is 4.05. The van der Waals surface area contributed by atoms with Gasteiger partial charge in [-0.3, -0.25) is 19.2 Å². The minimum absolute atomic E-state index is 0.0242. The van der Waals surface area contributed by atoms with Crippen LogP contribution in [0.2, 0.25) is 0 Å². The zero-order valence-corrected chi connectivity index (χ0v) is 18.3. The molecule has 0 radical (unpaired) electrons. The van der Waals surface area contributed by atoms with Gasteiger partial charge in [-0.2, -0.15) is 5.10 Å². The number of aromatic nitrogens is 2. The Morgan fingerprint density at radius 2 is 1.84 bits per heavy atom. The van der Waals surface area contributed by atoms with Crippen molar-refractivity contribution in [2.75, 3.05) is 23.7 Å². The van der Waals surface area contributed by atoms with Gasteiger partial charge >= 0.3 is 0 Å². The molecule has 0 spiro atoms. The van der Waals surface area contributed by atoms with Gasteiger partial charge in [0, 0.05) is 36.9 Å². The highest BCUT2D eigenvalue weighted by Crippen LogP contribution is 2.22. The second-order valence-corrected chi connectivity index (χ2v) is 8.28. The SMILES string of the molecule is C[C@H](C(=O)Nc1cccc(NC(=O)[C@@H]2CCCN(Cc3ccccc3)C2)c1)n1cccn1. The van der Waals surface area contributed by atoms with Gasteiger partial charge in [0.15, 0.2) is 0 Å². The molecular formula is C25H29N5O2. The highest BCUT2D eigenvalue weighted by molar-refractivity contribution is 5.96. The number of rotatable bonds is 7. The van der Waals surface area contributed by atoms with Gasteiger partial charge in [0.05, 0.1) is 5.92 Å². The standard InChI is InChI=1S/C25H29N5O2/c1-19(30-15-7-13-26-30)24(31)27-22-11-5-12-23(16-22)28-25(32)21-10-6-14-29(18-21)17-20-8-3-2-4-9-20/h2-5,7-9,11-13,15-16,19,21H,6,10,14,17-18H2,1H3,(H,27,31)(H,28,32)/t19-,21-/m1/s1. The van der Waals surface area contributed by atoms with Crippen LogP contribution < -0.4 is 10.6 Å². The smallest absolute Gasteiger partial charge is 0.248 e. The zero-order valence-electron chi connectivity index (χ0n) is 18.3. The first-order chi connectivity index (χ1) is 15.6. The van der Waals surface area contributed by atoms with Gasteiger partial charge in [-0.1, -0.05) is 36.4 Å². The number of carbonyl (C=O) groups is 2. The Morgan fingerprint density at radius 1 is 1.06 bits per heavy atom. The third kappa shape index (κ3) is 5.62. The number of piperidine rings is 1. The van der Waals surface area contributed by atoms with E-state index in [1.807, 2.05) is 36.4 Å². The number of likely N-dealkylation sites (tertiary alicyclic amines) is 1.